The molecule has 1 atom stereocenters. The molecule has 0 saturated heterocycles. The van der Waals surface area contributed by atoms with Crippen LogP contribution in [0.15, 0.2) is 48.5 Å². The third-order valence-electron chi connectivity index (χ3n) is 3.10. The number of nitrogens with one attached hydrogen (secondary N) is 1. The van der Waals surface area contributed by atoms with Gasteiger partial charge in [-0.05, 0) is 42.3 Å². The molecule has 0 fully saturated rings. The van der Waals surface area contributed by atoms with Gasteiger partial charge in [0.15, 0.2) is 0 Å². The molecule has 1 N–H and O–H groups in total. The van der Waals surface area contributed by atoms with Crippen molar-refractivity contribution >= 4 is 11.6 Å². The predicted octanol–water partition coefficient (Wildman–Crippen LogP) is 4.20. The van der Waals surface area contributed by atoms with Crippen molar-refractivity contribution < 1.29 is 4.74 Å². The van der Waals surface area contributed by atoms with Crippen LogP contribution in [0.4, 0.5) is 0 Å². The summed E-state index contributed by atoms with van der Waals surface area (Å²) >= 11 is 6.00. The van der Waals surface area contributed by atoms with Crippen LogP contribution < -0.4 is 10.1 Å². The average Bonchev–Trinajstić information content (AvgIpc) is 2.45. The lowest BCUT2D eigenvalue weighted by Crippen LogP contribution is -2.18. The van der Waals surface area contributed by atoms with Crippen molar-refractivity contribution in [1.82, 2.24) is 5.32 Å². The minimum Gasteiger partial charge on any atom is -0.497 e. The summed E-state index contributed by atoms with van der Waals surface area (Å²) in [5, 5.41) is 4.25. The molecule has 0 aromatic heterocycles. The third-order valence-corrected chi connectivity index (χ3v) is 3.33. The van der Waals surface area contributed by atoms with E-state index in [2.05, 4.69) is 24.4 Å². The van der Waals surface area contributed by atoms with Crippen molar-refractivity contribution in [3.8, 4) is 5.75 Å². The van der Waals surface area contributed by atoms with Gasteiger partial charge >= 0.3 is 0 Å². The average molecular weight is 276 g/mol. The number of halogens is 1. The Morgan fingerprint density at radius 2 is 1.95 bits per heavy atom. The van der Waals surface area contributed by atoms with E-state index in [9.17, 15) is 0 Å². The first-order chi connectivity index (χ1) is 9.19. The van der Waals surface area contributed by atoms with Gasteiger partial charge in [0.2, 0.25) is 0 Å². The second-order valence-electron chi connectivity index (χ2n) is 4.51. The second-order valence-corrected chi connectivity index (χ2v) is 4.95. The molecule has 3 heteroatoms. The first-order valence-corrected chi connectivity index (χ1v) is 6.68. The quantitative estimate of drug-likeness (QED) is 0.883. The molecule has 0 aliphatic rings. The summed E-state index contributed by atoms with van der Waals surface area (Å²) < 4.78 is 5.22. The van der Waals surface area contributed by atoms with Crippen molar-refractivity contribution in [2.45, 2.75) is 19.5 Å². The first kappa shape index (κ1) is 13.9. The molecule has 0 saturated carbocycles. The molecule has 100 valence electrons. The van der Waals surface area contributed by atoms with Gasteiger partial charge < -0.3 is 10.1 Å². The van der Waals surface area contributed by atoms with E-state index in [-0.39, 0.29) is 6.04 Å². The normalized spacial score (nSPS) is 12.2. The summed E-state index contributed by atoms with van der Waals surface area (Å²) in [6.45, 7) is 2.93. The fourth-order valence-electron chi connectivity index (χ4n) is 1.95. The summed E-state index contributed by atoms with van der Waals surface area (Å²) in [6.07, 6.45) is 0. The highest BCUT2D eigenvalue weighted by Crippen LogP contribution is 2.18. The van der Waals surface area contributed by atoms with E-state index >= 15 is 0 Å². The van der Waals surface area contributed by atoms with E-state index in [0.717, 1.165) is 17.3 Å². The molecule has 2 rings (SSSR count). The van der Waals surface area contributed by atoms with Gasteiger partial charge in [0.25, 0.3) is 0 Å². The Balaban J connectivity index is 1.98. The van der Waals surface area contributed by atoms with Gasteiger partial charge in [-0.2, -0.15) is 0 Å². The van der Waals surface area contributed by atoms with Crippen molar-refractivity contribution in [1.29, 1.82) is 0 Å². The van der Waals surface area contributed by atoms with Gasteiger partial charge in [-0.3, -0.25) is 0 Å². The smallest absolute Gasteiger partial charge is 0.119 e. The molecule has 1 unspecified atom stereocenters. The SMILES string of the molecule is COc1cccc(CNC(C)c2cccc(Cl)c2)c1. The monoisotopic (exact) mass is 275 g/mol. The Kier molecular flexibility index (Phi) is 4.83. The van der Waals surface area contributed by atoms with Crippen molar-refractivity contribution in [3.05, 3.63) is 64.7 Å². The number of rotatable bonds is 5. The molecule has 2 aromatic rings. The van der Waals surface area contributed by atoms with Gasteiger partial charge in [-0.1, -0.05) is 35.9 Å². The van der Waals surface area contributed by atoms with Crippen molar-refractivity contribution in [2.24, 2.45) is 0 Å². The topological polar surface area (TPSA) is 21.3 Å². The fourth-order valence-corrected chi connectivity index (χ4v) is 2.15. The molecular formula is C16H18ClNO. The lowest BCUT2D eigenvalue weighted by atomic mass is 10.1. The Morgan fingerprint density at radius 3 is 2.68 bits per heavy atom. The summed E-state index contributed by atoms with van der Waals surface area (Å²) in [5.41, 5.74) is 2.39. The highest BCUT2D eigenvalue weighted by atomic mass is 35.5. The van der Waals surface area contributed by atoms with Crippen molar-refractivity contribution in [2.75, 3.05) is 7.11 Å². The van der Waals surface area contributed by atoms with Crippen LogP contribution in [0.25, 0.3) is 0 Å². The summed E-state index contributed by atoms with van der Waals surface area (Å²) in [6, 6.07) is 16.3. The Hall–Kier alpha value is -1.51. The zero-order chi connectivity index (χ0) is 13.7. The summed E-state index contributed by atoms with van der Waals surface area (Å²) in [7, 11) is 1.68. The zero-order valence-corrected chi connectivity index (χ0v) is 11.9. The Bertz CT molecular complexity index is 542. The number of benzene rings is 2. The molecule has 0 amide bonds. The maximum atomic E-state index is 6.00. The first-order valence-electron chi connectivity index (χ1n) is 6.31. The molecule has 0 bridgehead atoms. The van der Waals surface area contributed by atoms with Crippen LogP contribution in [0.3, 0.4) is 0 Å². The van der Waals surface area contributed by atoms with E-state index in [1.807, 2.05) is 36.4 Å². The third kappa shape index (κ3) is 3.98. The molecular weight excluding hydrogens is 258 g/mol. The highest BCUT2D eigenvalue weighted by molar-refractivity contribution is 6.30. The number of methoxy groups -OCH3 is 1. The second kappa shape index (κ2) is 6.60. The predicted molar refractivity (Wildman–Crippen MR) is 79.7 cm³/mol. The minimum atomic E-state index is 0.255. The maximum Gasteiger partial charge on any atom is 0.119 e. The van der Waals surface area contributed by atoms with Gasteiger partial charge in [-0.25, -0.2) is 0 Å². The van der Waals surface area contributed by atoms with Crippen LogP contribution in [0.5, 0.6) is 5.75 Å². The lowest BCUT2D eigenvalue weighted by Gasteiger charge is -2.15. The molecule has 19 heavy (non-hydrogen) atoms. The molecule has 2 aromatic carbocycles. The molecule has 0 spiro atoms. The fraction of sp³-hybridized carbons (Fsp3) is 0.250. The highest BCUT2D eigenvalue weighted by Gasteiger charge is 2.05. The lowest BCUT2D eigenvalue weighted by molar-refractivity contribution is 0.414. The van der Waals surface area contributed by atoms with Crippen molar-refractivity contribution in [3.63, 3.8) is 0 Å². The largest absolute Gasteiger partial charge is 0.497 e. The van der Waals surface area contributed by atoms with Crippen LogP contribution in [0, 0.1) is 0 Å². The minimum absolute atomic E-state index is 0.255. The number of hydrogen-bond acceptors (Lipinski definition) is 2. The Labute approximate surface area is 119 Å². The standard InChI is InChI=1S/C16H18ClNO/c1-12(14-6-4-7-15(17)10-14)18-11-13-5-3-8-16(9-13)19-2/h3-10,12,18H,11H2,1-2H3. The van der Waals surface area contributed by atoms with Gasteiger partial charge in [0, 0.05) is 17.6 Å². The molecule has 0 heterocycles. The van der Waals surface area contributed by atoms with E-state index in [0.29, 0.717) is 0 Å². The van der Waals surface area contributed by atoms with Crippen LogP contribution in [0.2, 0.25) is 5.02 Å². The van der Waals surface area contributed by atoms with Crippen LogP contribution in [0.1, 0.15) is 24.1 Å². The van der Waals surface area contributed by atoms with Crippen LogP contribution >= 0.6 is 11.6 Å². The van der Waals surface area contributed by atoms with E-state index in [1.165, 1.54) is 11.1 Å². The molecule has 0 aliphatic heterocycles. The Morgan fingerprint density at radius 1 is 1.16 bits per heavy atom. The van der Waals surface area contributed by atoms with E-state index in [1.54, 1.807) is 7.11 Å². The van der Waals surface area contributed by atoms with Gasteiger partial charge in [0.1, 0.15) is 5.75 Å². The van der Waals surface area contributed by atoms with E-state index in [4.69, 9.17) is 16.3 Å². The molecule has 0 aliphatic carbocycles. The summed E-state index contributed by atoms with van der Waals surface area (Å²) in [4.78, 5) is 0. The van der Waals surface area contributed by atoms with Crippen LogP contribution in [-0.2, 0) is 6.54 Å². The molecule has 2 nitrogen and oxygen atoms in total. The number of ether oxygens (including phenoxy) is 1. The molecule has 0 radical (unpaired) electrons. The zero-order valence-electron chi connectivity index (χ0n) is 11.2. The van der Waals surface area contributed by atoms with Gasteiger partial charge in [0.05, 0.1) is 7.11 Å². The van der Waals surface area contributed by atoms with E-state index < -0.39 is 0 Å². The van der Waals surface area contributed by atoms with Gasteiger partial charge in [-0.15, -0.1) is 0 Å². The number of hydrogen-bond donors (Lipinski definition) is 1. The maximum absolute atomic E-state index is 6.00. The van der Waals surface area contributed by atoms with Crippen LogP contribution in [-0.4, -0.2) is 7.11 Å². The summed E-state index contributed by atoms with van der Waals surface area (Å²) in [5.74, 6) is 0.884.